The molecule has 2 aromatic carbocycles. The van der Waals surface area contributed by atoms with E-state index in [0.717, 1.165) is 27.9 Å². The number of nitrogens with two attached hydrogens (primary N) is 1. The van der Waals surface area contributed by atoms with Crippen LogP contribution in [0.2, 0.25) is 0 Å². The number of sulfonamides is 1. The first-order chi connectivity index (χ1) is 19.6. The molecular weight excluding hydrogens is 540 g/mol. The zero-order valence-electron chi connectivity index (χ0n) is 23.3. The van der Waals surface area contributed by atoms with Gasteiger partial charge >= 0.3 is 0 Å². The minimum atomic E-state index is -3.23. The zero-order chi connectivity index (χ0) is 28.9. The average molecular weight is 573 g/mol. The fourth-order valence-electron chi connectivity index (χ4n) is 5.69. The van der Waals surface area contributed by atoms with Crippen molar-refractivity contribution in [3.05, 3.63) is 87.7 Å². The van der Waals surface area contributed by atoms with Crippen molar-refractivity contribution in [3.8, 4) is 5.69 Å². The van der Waals surface area contributed by atoms with Crippen LogP contribution in [-0.2, 0) is 23.1 Å². The van der Waals surface area contributed by atoms with E-state index >= 15 is 0 Å². The highest BCUT2D eigenvalue weighted by atomic mass is 32.2. The second kappa shape index (κ2) is 10.4. The predicted molar refractivity (Wildman–Crippen MR) is 160 cm³/mol. The van der Waals surface area contributed by atoms with Gasteiger partial charge in [0.1, 0.15) is 12.1 Å². The van der Waals surface area contributed by atoms with Crippen molar-refractivity contribution in [2.45, 2.75) is 26.9 Å². The Kier molecular flexibility index (Phi) is 6.84. The topological polar surface area (TPSA) is 132 Å². The Hall–Kier alpha value is -4.13. The summed E-state index contributed by atoms with van der Waals surface area (Å²) in [6, 6.07) is 15.7. The Morgan fingerprint density at radius 1 is 0.902 bits per heavy atom. The zero-order valence-corrected chi connectivity index (χ0v) is 24.1. The Bertz CT molecular complexity index is 1960. The normalized spacial score (nSPS) is 15.2. The molecule has 4 heterocycles. The van der Waals surface area contributed by atoms with Crippen LogP contribution in [0.4, 0.5) is 5.82 Å². The Morgan fingerprint density at radius 3 is 2.37 bits per heavy atom. The molecule has 3 aromatic heterocycles. The van der Waals surface area contributed by atoms with Crippen LogP contribution in [0.25, 0.3) is 27.5 Å². The van der Waals surface area contributed by atoms with E-state index in [4.69, 9.17) is 10.8 Å². The van der Waals surface area contributed by atoms with Crippen LogP contribution in [0, 0.1) is 13.8 Å². The van der Waals surface area contributed by atoms with Crippen LogP contribution >= 0.6 is 0 Å². The van der Waals surface area contributed by atoms with E-state index in [1.807, 2.05) is 62.4 Å². The molecule has 0 amide bonds. The third kappa shape index (κ3) is 4.98. The Labute approximate surface area is 237 Å². The van der Waals surface area contributed by atoms with E-state index in [1.165, 1.54) is 16.9 Å². The maximum Gasteiger partial charge on any atom is 0.263 e. The lowest BCUT2D eigenvalue weighted by molar-refractivity contribution is 0.180. The van der Waals surface area contributed by atoms with Crippen LogP contribution in [-0.4, -0.2) is 74.4 Å². The van der Waals surface area contributed by atoms with Crippen LogP contribution in [0.3, 0.4) is 0 Å². The largest absolute Gasteiger partial charge is 0.383 e. The number of rotatable bonds is 6. The molecule has 1 fully saturated rings. The van der Waals surface area contributed by atoms with Gasteiger partial charge in [-0.2, -0.15) is 9.40 Å². The number of aryl methyl sites for hydroxylation is 2. The Balaban J connectivity index is 1.44. The molecule has 212 valence electrons. The third-order valence-electron chi connectivity index (χ3n) is 7.80. The van der Waals surface area contributed by atoms with E-state index in [2.05, 4.69) is 14.9 Å². The van der Waals surface area contributed by atoms with Crippen molar-refractivity contribution >= 4 is 37.6 Å². The van der Waals surface area contributed by atoms with Crippen molar-refractivity contribution in [2.75, 3.05) is 38.2 Å². The number of hydrogen-bond acceptors (Lipinski definition) is 8. The maximum absolute atomic E-state index is 14.0. The predicted octanol–water partition coefficient (Wildman–Crippen LogP) is 2.45. The number of nitrogens with zero attached hydrogens (tertiary/aromatic N) is 7. The summed E-state index contributed by atoms with van der Waals surface area (Å²) in [5.74, 6) is 0.330. The molecule has 0 unspecified atom stereocenters. The van der Waals surface area contributed by atoms with Gasteiger partial charge in [0.25, 0.3) is 5.56 Å². The molecule has 0 radical (unpaired) electrons. The standard InChI is InChI=1S/C29H32N8O3S/c1-19-7-4-5-10-24(19)37-22(15-21-9-6-8-20(2)25(21)29(37)38)16-36-28-26(27(30)31-18-32-28)23(33-36)17-34-11-13-35(14-12-34)41(3,39)40/h4-10,15,18H,11-14,16-17H2,1-3H3,(H2,30,31,32). The summed E-state index contributed by atoms with van der Waals surface area (Å²) in [6.07, 6.45) is 2.66. The van der Waals surface area contributed by atoms with E-state index in [1.54, 1.807) is 9.25 Å². The number of benzene rings is 2. The van der Waals surface area contributed by atoms with Crippen molar-refractivity contribution in [1.29, 1.82) is 0 Å². The molecule has 2 N–H and O–H groups in total. The molecule has 0 saturated carbocycles. The van der Waals surface area contributed by atoms with Crippen molar-refractivity contribution in [1.82, 2.24) is 33.5 Å². The van der Waals surface area contributed by atoms with Crippen LogP contribution in [0.5, 0.6) is 0 Å². The second-order valence-corrected chi connectivity index (χ2v) is 12.6. The van der Waals surface area contributed by atoms with Crippen molar-refractivity contribution < 1.29 is 8.42 Å². The van der Waals surface area contributed by atoms with Crippen LogP contribution < -0.4 is 11.3 Å². The van der Waals surface area contributed by atoms with E-state index in [0.29, 0.717) is 60.7 Å². The molecule has 1 aliphatic heterocycles. The highest BCUT2D eigenvalue weighted by Gasteiger charge is 2.26. The monoisotopic (exact) mass is 572 g/mol. The molecule has 0 bridgehead atoms. The van der Waals surface area contributed by atoms with Gasteiger partial charge in [-0.3, -0.25) is 14.3 Å². The third-order valence-corrected chi connectivity index (χ3v) is 9.11. The summed E-state index contributed by atoms with van der Waals surface area (Å²) >= 11 is 0. The van der Waals surface area contributed by atoms with E-state index in [9.17, 15) is 13.2 Å². The summed E-state index contributed by atoms with van der Waals surface area (Å²) < 4.78 is 29.0. The molecule has 6 rings (SSSR count). The average Bonchev–Trinajstić information content (AvgIpc) is 3.27. The number of aromatic nitrogens is 5. The maximum atomic E-state index is 14.0. The molecule has 12 heteroatoms. The molecule has 41 heavy (non-hydrogen) atoms. The van der Waals surface area contributed by atoms with Gasteiger partial charge in [0.2, 0.25) is 10.0 Å². The first-order valence-electron chi connectivity index (χ1n) is 13.5. The van der Waals surface area contributed by atoms with E-state index < -0.39 is 10.0 Å². The quantitative estimate of drug-likeness (QED) is 0.328. The lowest BCUT2D eigenvalue weighted by atomic mass is 10.1. The summed E-state index contributed by atoms with van der Waals surface area (Å²) in [5.41, 5.74) is 11.0. The highest BCUT2D eigenvalue weighted by molar-refractivity contribution is 7.88. The number of piperazine rings is 1. The number of pyridine rings is 1. The summed E-state index contributed by atoms with van der Waals surface area (Å²) in [4.78, 5) is 24.9. The number of nitrogen functional groups attached to an aromatic ring is 1. The minimum Gasteiger partial charge on any atom is -0.383 e. The fourth-order valence-corrected chi connectivity index (χ4v) is 6.52. The van der Waals surface area contributed by atoms with Crippen LogP contribution in [0.15, 0.2) is 59.7 Å². The van der Waals surface area contributed by atoms with Gasteiger partial charge in [-0.05, 0) is 42.5 Å². The number of para-hydroxylation sites is 1. The van der Waals surface area contributed by atoms with Crippen molar-refractivity contribution in [3.63, 3.8) is 0 Å². The molecule has 5 aromatic rings. The van der Waals surface area contributed by atoms with Gasteiger partial charge in [0.15, 0.2) is 5.65 Å². The molecular formula is C29H32N8O3S. The summed E-state index contributed by atoms with van der Waals surface area (Å²) in [5, 5.41) is 7.15. The fraction of sp³-hybridized carbons (Fsp3) is 0.310. The summed E-state index contributed by atoms with van der Waals surface area (Å²) in [6.45, 7) is 6.69. The smallest absolute Gasteiger partial charge is 0.263 e. The lowest BCUT2D eigenvalue weighted by Gasteiger charge is -2.32. The number of hydrogen-bond donors (Lipinski definition) is 1. The molecule has 0 atom stereocenters. The van der Waals surface area contributed by atoms with Crippen LogP contribution in [0.1, 0.15) is 22.5 Å². The molecule has 1 aliphatic rings. The van der Waals surface area contributed by atoms with E-state index in [-0.39, 0.29) is 12.1 Å². The molecule has 11 nitrogen and oxygen atoms in total. The first-order valence-corrected chi connectivity index (χ1v) is 15.3. The van der Waals surface area contributed by atoms with Gasteiger partial charge in [-0.15, -0.1) is 0 Å². The van der Waals surface area contributed by atoms with Crippen molar-refractivity contribution in [2.24, 2.45) is 0 Å². The minimum absolute atomic E-state index is 0.0838. The Morgan fingerprint density at radius 2 is 1.63 bits per heavy atom. The van der Waals surface area contributed by atoms with Gasteiger partial charge in [0, 0.05) is 38.4 Å². The molecule has 0 aliphatic carbocycles. The van der Waals surface area contributed by atoms with Gasteiger partial charge in [0.05, 0.1) is 35.0 Å². The van der Waals surface area contributed by atoms with Gasteiger partial charge in [-0.1, -0.05) is 36.4 Å². The number of fused-ring (bicyclic) bond motifs is 2. The number of anilines is 1. The van der Waals surface area contributed by atoms with Gasteiger partial charge < -0.3 is 5.73 Å². The highest BCUT2D eigenvalue weighted by Crippen LogP contribution is 2.26. The second-order valence-electron chi connectivity index (χ2n) is 10.6. The molecule has 0 spiro atoms. The molecule has 1 saturated heterocycles. The lowest BCUT2D eigenvalue weighted by Crippen LogP contribution is -2.47. The summed E-state index contributed by atoms with van der Waals surface area (Å²) in [7, 11) is -3.23. The SMILES string of the molecule is Cc1ccccc1-n1c(Cn2nc(CN3CCN(S(C)(=O)=O)CC3)c3c(N)ncnc32)cc2cccc(C)c2c1=O. The first kappa shape index (κ1) is 27.1. The van der Waals surface area contributed by atoms with Gasteiger partial charge in [-0.25, -0.2) is 23.1 Å².